The summed E-state index contributed by atoms with van der Waals surface area (Å²) < 4.78 is 5.19. The average Bonchev–Trinajstić information content (AvgIpc) is 2.97. The highest BCUT2D eigenvalue weighted by Gasteiger charge is 2.29. The molecule has 0 saturated heterocycles. The number of benzene rings is 1. The summed E-state index contributed by atoms with van der Waals surface area (Å²) in [5.41, 5.74) is 4.41. The van der Waals surface area contributed by atoms with Gasteiger partial charge in [-0.1, -0.05) is 31.9 Å². The molecule has 20 heavy (non-hydrogen) atoms. The molecule has 0 heterocycles. The molecule has 112 valence electrons. The van der Waals surface area contributed by atoms with Crippen molar-refractivity contribution in [3.63, 3.8) is 0 Å². The summed E-state index contributed by atoms with van der Waals surface area (Å²) >= 11 is 0. The minimum Gasteiger partial charge on any atom is -0.497 e. The van der Waals surface area contributed by atoms with Gasteiger partial charge in [-0.3, -0.25) is 11.3 Å². The summed E-state index contributed by atoms with van der Waals surface area (Å²) in [7, 11) is 1.70. The van der Waals surface area contributed by atoms with Crippen LogP contribution in [-0.4, -0.2) is 13.2 Å². The minimum atomic E-state index is 0.452. The molecule has 2 rings (SSSR count). The average molecular weight is 276 g/mol. The smallest absolute Gasteiger partial charge is 0.118 e. The fourth-order valence-electron chi connectivity index (χ4n) is 3.42. The number of hydrogen-bond donors (Lipinski definition) is 2. The molecule has 0 amide bonds. The number of nitrogens with two attached hydrogens (primary N) is 1. The van der Waals surface area contributed by atoms with Crippen LogP contribution in [0.5, 0.6) is 5.75 Å². The Morgan fingerprint density at radius 1 is 1.30 bits per heavy atom. The number of aryl methyl sites for hydroxylation is 1. The fraction of sp³-hybridized carbons (Fsp3) is 0.647. The molecule has 1 aliphatic carbocycles. The number of rotatable bonds is 7. The van der Waals surface area contributed by atoms with E-state index < -0.39 is 0 Å². The minimum absolute atomic E-state index is 0.452. The van der Waals surface area contributed by atoms with Gasteiger partial charge in [0.2, 0.25) is 0 Å². The molecule has 1 aromatic carbocycles. The quantitative estimate of drug-likeness (QED) is 0.593. The van der Waals surface area contributed by atoms with Gasteiger partial charge in [0.15, 0.2) is 0 Å². The summed E-state index contributed by atoms with van der Waals surface area (Å²) in [4.78, 5) is 0. The van der Waals surface area contributed by atoms with Crippen molar-refractivity contribution >= 4 is 0 Å². The zero-order chi connectivity index (χ0) is 14.4. The maximum atomic E-state index is 5.78. The molecule has 1 aromatic rings. The van der Waals surface area contributed by atoms with Gasteiger partial charge in [0.1, 0.15) is 5.75 Å². The molecule has 0 spiro atoms. The largest absolute Gasteiger partial charge is 0.497 e. The number of ether oxygens (including phenoxy) is 1. The topological polar surface area (TPSA) is 47.3 Å². The van der Waals surface area contributed by atoms with Gasteiger partial charge in [-0.25, -0.2) is 0 Å². The Morgan fingerprint density at radius 3 is 2.60 bits per heavy atom. The van der Waals surface area contributed by atoms with Crippen molar-refractivity contribution in [3.8, 4) is 5.75 Å². The van der Waals surface area contributed by atoms with Crippen LogP contribution in [0, 0.1) is 11.8 Å². The molecule has 1 saturated carbocycles. The van der Waals surface area contributed by atoms with E-state index in [1.54, 1.807) is 7.11 Å². The van der Waals surface area contributed by atoms with Gasteiger partial charge < -0.3 is 4.74 Å². The summed E-state index contributed by atoms with van der Waals surface area (Å²) in [5, 5.41) is 0. The fourth-order valence-corrected chi connectivity index (χ4v) is 3.42. The van der Waals surface area contributed by atoms with E-state index >= 15 is 0 Å². The van der Waals surface area contributed by atoms with E-state index in [-0.39, 0.29) is 0 Å². The van der Waals surface area contributed by atoms with E-state index in [2.05, 4.69) is 24.5 Å². The molecule has 0 aromatic heterocycles. The number of nitrogens with one attached hydrogen (secondary N) is 1. The van der Waals surface area contributed by atoms with E-state index in [1.807, 2.05) is 12.1 Å². The Hall–Kier alpha value is -1.06. The van der Waals surface area contributed by atoms with Gasteiger partial charge >= 0.3 is 0 Å². The van der Waals surface area contributed by atoms with Crippen LogP contribution in [0.15, 0.2) is 24.3 Å². The first-order chi connectivity index (χ1) is 9.76. The standard InChI is InChI=1S/C17H28N2O/c1-3-13-4-8-15(12-13)17(19-18)11-7-14-5-9-16(20-2)10-6-14/h5-6,9-10,13,15,17,19H,3-4,7-8,11-12,18H2,1-2H3. The molecule has 3 nitrogen and oxygen atoms in total. The number of methoxy groups -OCH3 is 1. The van der Waals surface area contributed by atoms with Gasteiger partial charge in [0.05, 0.1) is 7.11 Å². The third kappa shape index (κ3) is 3.97. The molecule has 0 bridgehead atoms. The van der Waals surface area contributed by atoms with E-state index in [0.29, 0.717) is 6.04 Å². The van der Waals surface area contributed by atoms with Gasteiger partial charge in [0.25, 0.3) is 0 Å². The van der Waals surface area contributed by atoms with Gasteiger partial charge in [-0.2, -0.15) is 0 Å². The van der Waals surface area contributed by atoms with Crippen molar-refractivity contribution in [3.05, 3.63) is 29.8 Å². The molecule has 3 N–H and O–H groups in total. The Kier molecular flexibility index (Phi) is 5.86. The highest BCUT2D eigenvalue weighted by atomic mass is 16.5. The second kappa shape index (κ2) is 7.65. The summed E-state index contributed by atoms with van der Waals surface area (Å²) in [6, 6.07) is 8.81. The zero-order valence-electron chi connectivity index (χ0n) is 12.8. The molecular weight excluding hydrogens is 248 g/mol. The predicted octanol–water partition coefficient (Wildman–Crippen LogP) is 3.29. The second-order valence-corrected chi connectivity index (χ2v) is 6.01. The summed E-state index contributed by atoms with van der Waals surface area (Å²) in [6.07, 6.45) is 7.55. The number of hydrogen-bond acceptors (Lipinski definition) is 3. The summed E-state index contributed by atoms with van der Waals surface area (Å²) in [6.45, 7) is 2.30. The molecule has 1 fully saturated rings. The van der Waals surface area contributed by atoms with Crippen molar-refractivity contribution in [1.82, 2.24) is 5.43 Å². The van der Waals surface area contributed by atoms with Crippen LogP contribution in [-0.2, 0) is 6.42 Å². The Morgan fingerprint density at radius 2 is 2.05 bits per heavy atom. The first-order valence-corrected chi connectivity index (χ1v) is 7.85. The SMILES string of the molecule is CCC1CCC(C(CCc2ccc(OC)cc2)NN)C1. The maximum absolute atomic E-state index is 5.78. The predicted molar refractivity (Wildman–Crippen MR) is 83.5 cm³/mol. The maximum Gasteiger partial charge on any atom is 0.118 e. The number of hydrazine groups is 1. The monoisotopic (exact) mass is 276 g/mol. The van der Waals surface area contributed by atoms with Gasteiger partial charge in [-0.15, -0.1) is 0 Å². The molecule has 1 aliphatic rings. The zero-order valence-corrected chi connectivity index (χ0v) is 12.8. The molecular formula is C17H28N2O. The van der Waals surface area contributed by atoms with Crippen LogP contribution in [0.3, 0.4) is 0 Å². The van der Waals surface area contributed by atoms with Crippen LogP contribution in [0.4, 0.5) is 0 Å². The Balaban J connectivity index is 1.84. The molecule has 0 radical (unpaired) electrons. The van der Waals surface area contributed by atoms with Crippen molar-refractivity contribution in [1.29, 1.82) is 0 Å². The molecule has 3 atom stereocenters. The van der Waals surface area contributed by atoms with Crippen LogP contribution < -0.4 is 16.0 Å². The van der Waals surface area contributed by atoms with Gasteiger partial charge in [-0.05, 0) is 55.2 Å². The van der Waals surface area contributed by atoms with Crippen molar-refractivity contribution in [2.75, 3.05) is 7.11 Å². The van der Waals surface area contributed by atoms with Crippen LogP contribution in [0.25, 0.3) is 0 Å². The lowest BCUT2D eigenvalue weighted by Crippen LogP contribution is -2.40. The normalized spacial score (nSPS) is 23.8. The van der Waals surface area contributed by atoms with Crippen molar-refractivity contribution in [2.45, 2.75) is 51.5 Å². The third-order valence-corrected chi connectivity index (χ3v) is 4.85. The third-order valence-electron chi connectivity index (χ3n) is 4.85. The Labute approximate surface area is 122 Å². The van der Waals surface area contributed by atoms with E-state index in [9.17, 15) is 0 Å². The summed E-state index contributed by atoms with van der Waals surface area (Å²) in [5.74, 6) is 8.37. The lowest BCUT2D eigenvalue weighted by Gasteiger charge is -2.23. The lowest BCUT2D eigenvalue weighted by molar-refractivity contribution is 0.333. The van der Waals surface area contributed by atoms with E-state index in [0.717, 1.165) is 30.4 Å². The van der Waals surface area contributed by atoms with Crippen molar-refractivity contribution in [2.24, 2.45) is 17.7 Å². The lowest BCUT2D eigenvalue weighted by atomic mass is 9.91. The molecule has 3 heteroatoms. The van der Waals surface area contributed by atoms with E-state index in [1.165, 1.54) is 31.2 Å². The van der Waals surface area contributed by atoms with Crippen LogP contribution in [0.1, 0.15) is 44.6 Å². The van der Waals surface area contributed by atoms with Crippen LogP contribution >= 0.6 is 0 Å². The highest BCUT2D eigenvalue weighted by Crippen LogP contribution is 2.35. The highest BCUT2D eigenvalue weighted by molar-refractivity contribution is 5.27. The van der Waals surface area contributed by atoms with E-state index in [4.69, 9.17) is 10.6 Å². The first-order valence-electron chi connectivity index (χ1n) is 7.85. The molecule has 3 unspecified atom stereocenters. The van der Waals surface area contributed by atoms with Crippen LogP contribution in [0.2, 0.25) is 0 Å². The first kappa shape index (κ1) is 15.3. The Bertz CT molecular complexity index is 390. The molecule has 0 aliphatic heterocycles. The van der Waals surface area contributed by atoms with Gasteiger partial charge in [0, 0.05) is 6.04 Å². The second-order valence-electron chi connectivity index (χ2n) is 6.01. The van der Waals surface area contributed by atoms with Crippen molar-refractivity contribution < 1.29 is 4.74 Å².